The van der Waals surface area contributed by atoms with Gasteiger partial charge in [0, 0.05) is 57.0 Å². The smallest absolute Gasteiger partial charge is 0.164 e. The highest BCUT2D eigenvalue weighted by Gasteiger charge is 2.17. The Balaban J connectivity index is 1.09. The van der Waals surface area contributed by atoms with E-state index in [2.05, 4.69) is 176 Å². The van der Waals surface area contributed by atoms with Gasteiger partial charge in [-0.15, -0.1) is 22.7 Å². The number of hydrogen-bond donors (Lipinski definition) is 0. The Kier molecular flexibility index (Phi) is 7.22. The van der Waals surface area contributed by atoms with E-state index in [0.717, 1.165) is 33.2 Å². The zero-order chi connectivity index (χ0) is 35.6. The number of benzene rings is 8. The van der Waals surface area contributed by atoms with E-state index in [1.165, 1.54) is 56.9 Å². The summed E-state index contributed by atoms with van der Waals surface area (Å²) in [5, 5.41) is 7.47. The molecule has 3 aromatic heterocycles. The van der Waals surface area contributed by atoms with Crippen molar-refractivity contribution in [3.05, 3.63) is 176 Å². The largest absolute Gasteiger partial charge is 0.208 e. The van der Waals surface area contributed by atoms with Gasteiger partial charge in [-0.05, 0) is 75.5 Å². The number of fused-ring (bicyclic) bond motifs is 7. The van der Waals surface area contributed by atoms with Gasteiger partial charge in [0.25, 0.3) is 0 Å². The molecule has 0 saturated carbocycles. The molecule has 0 saturated heterocycles. The van der Waals surface area contributed by atoms with Crippen LogP contribution in [0.15, 0.2) is 176 Å². The lowest BCUT2D eigenvalue weighted by molar-refractivity contribution is 1.07. The van der Waals surface area contributed by atoms with Gasteiger partial charge in [0.05, 0.1) is 0 Å². The van der Waals surface area contributed by atoms with Gasteiger partial charge in [-0.2, -0.15) is 0 Å². The molecule has 0 fully saturated rings. The Morgan fingerprint density at radius 2 is 0.722 bits per heavy atom. The van der Waals surface area contributed by atoms with Crippen molar-refractivity contribution in [2.45, 2.75) is 0 Å². The normalized spacial score (nSPS) is 11.7. The van der Waals surface area contributed by atoms with Crippen molar-refractivity contribution in [2.24, 2.45) is 0 Å². The van der Waals surface area contributed by atoms with Crippen LogP contribution in [-0.4, -0.2) is 15.0 Å². The Labute approximate surface area is 319 Å². The second-order valence-corrected chi connectivity index (χ2v) is 15.8. The van der Waals surface area contributed by atoms with E-state index in [4.69, 9.17) is 15.0 Å². The lowest BCUT2D eigenvalue weighted by atomic mass is 9.97. The monoisotopic (exact) mass is 723 g/mol. The highest BCUT2D eigenvalue weighted by atomic mass is 32.1. The average molecular weight is 724 g/mol. The standard InChI is InChI=1S/C49H29N3S2/c1-2-12-31-27-36(26-25-30(31)11-1)49-51-47(34-15-7-13-32(28-34)37-19-9-23-43-45(37)39-17-3-5-21-41(39)53-43)50-48(52-49)35-16-8-14-33(29-35)38-20-10-24-44-46(38)40-18-4-6-22-42(40)54-44/h1-29H. The molecule has 54 heavy (non-hydrogen) atoms. The first-order valence-electron chi connectivity index (χ1n) is 18.0. The van der Waals surface area contributed by atoms with Gasteiger partial charge in [0.1, 0.15) is 0 Å². The van der Waals surface area contributed by atoms with Crippen LogP contribution in [0.25, 0.3) is 108 Å². The van der Waals surface area contributed by atoms with Crippen LogP contribution in [0.3, 0.4) is 0 Å². The van der Waals surface area contributed by atoms with Crippen molar-refractivity contribution in [1.29, 1.82) is 0 Å². The van der Waals surface area contributed by atoms with Crippen LogP contribution in [0.2, 0.25) is 0 Å². The molecular formula is C49H29N3S2. The fourth-order valence-corrected chi connectivity index (χ4v) is 10.0. The van der Waals surface area contributed by atoms with Crippen LogP contribution in [0.4, 0.5) is 0 Å². The Morgan fingerprint density at radius 3 is 1.28 bits per heavy atom. The fraction of sp³-hybridized carbons (Fsp3) is 0. The zero-order valence-electron chi connectivity index (χ0n) is 28.9. The van der Waals surface area contributed by atoms with E-state index in [-0.39, 0.29) is 0 Å². The fourth-order valence-electron chi connectivity index (χ4n) is 7.77. The van der Waals surface area contributed by atoms with Crippen LogP contribution in [0, 0.1) is 0 Å². The minimum Gasteiger partial charge on any atom is -0.208 e. The predicted molar refractivity (Wildman–Crippen MR) is 230 cm³/mol. The minimum absolute atomic E-state index is 0.642. The van der Waals surface area contributed by atoms with E-state index in [1.54, 1.807) is 0 Å². The van der Waals surface area contributed by atoms with Crippen LogP contribution in [0.5, 0.6) is 0 Å². The van der Waals surface area contributed by atoms with Gasteiger partial charge in [0.15, 0.2) is 17.5 Å². The maximum Gasteiger partial charge on any atom is 0.164 e. The molecule has 11 rings (SSSR count). The van der Waals surface area contributed by atoms with Crippen molar-refractivity contribution in [3.63, 3.8) is 0 Å². The highest BCUT2D eigenvalue weighted by Crippen LogP contribution is 2.42. The summed E-state index contributed by atoms with van der Waals surface area (Å²) in [6, 6.07) is 62.7. The Hall–Kier alpha value is -6.53. The third-order valence-electron chi connectivity index (χ3n) is 10.3. The van der Waals surface area contributed by atoms with Gasteiger partial charge >= 0.3 is 0 Å². The maximum absolute atomic E-state index is 5.22. The van der Waals surface area contributed by atoms with Gasteiger partial charge in [-0.25, -0.2) is 15.0 Å². The first-order valence-corrected chi connectivity index (χ1v) is 19.6. The second kappa shape index (κ2) is 12.6. The van der Waals surface area contributed by atoms with E-state index in [9.17, 15) is 0 Å². The summed E-state index contributed by atoms with van der Waals surface area (Å²) in [4.78, 5) is 15.6. The summed E-state index contributed by atoms with van der Waals surface area (Å²) in [7, 11) is 0. The lowest BCUT2D eigenvalue weighted by Crippen LogP contribution is -2.00. The SMILES string of the molecule is c1cc(-c2nc(-c3cccc(-c4cccc5sc6ccccc6c45)c3)nc(-c3ccc4ccccc4c3)n2)cc(-c2cccc3sc4ccccc4c23)c1. The molecule has 0 atom stereocenters. The quantitative estimate of drug-likeness (QED) is 0.177. The van der Waals surface area contributed by atoms with Crippen molar-refractivity contribution < 1.29 is 0 Å². The Bertz CT molecular complexity index is 3070. The molecule has 0 spiro atoms. The predicted octanol–water partition coefficient (Wildman–Crippen LogP) is 14.1. The van der Waals surface area contributed by atoms with Gasteiger partial charge in [-0.1, -0.05) is 133 Å². The summed E-state index contributed by atoms with van der Waals surface area (Å²) < 4.78 is 5.16. The number of rotatable bonds is 5. The molecule has 0 aliphatic carbocycles. The van der Waals surface area contributed by atoms with Crippen molar-refractivity contribution in [3.8, 4) is 56.4 Å². The molecule has 0 unspecified atom stereocenters. The minimum atomic E-state index is 0.642. The third-order valence-corrected chi connectivity index (χ3v) is 12.6. The molecule has 3 nitrogen and oxygen atoms in total. The molecule has 0 radical (unpaired) electrons. The van der Waals surface area contributed by atoms with Crippen LogP contribution >= 0.6 is 22.7 Å². The van der Waals surface area contributed by atoms with E-state index >= 15 is 0 Å². The summed E-state index contributed by atoms with van der Waals surface area (Å²) in [6.07, 6.45) is 0. The second-order valence-electron chi connectivity index (χ2n) is 13.6. The van der Waals surface area contributed by atoms with E-state index < -0.39 is 0 Å². The number of thiophene rings is 2. The molecule has 0 amide bonds. The van der Waals surface area contributed by atoms with Gasteiger partial charge in [-0.3, -0.25) is 0 Å². The third kappa shape index (κ3) is 5.20. The van der Waals surface area contributed by atoms with Crippen LogP contribution < -0.4 is 0 Å². The van der Waals surface area contributed by atoms with E-state index in [1.807, 2.05) is 22.7 Å². The summed E-state index contributed by atoms with van der Waals surface area (Å²) in [6.45, 7) is 0. The van der Waals surface area contributed by atoms with Crippen molar-refractivity contribution >= 4 is 73.8 Å². The molecule has 8 aromatic carbocycles. The number of hydrogen-bond acceptors (Lipinski definition) is 5. The van der Waals surface area contributed by atoms with E-state index in [0.29, 0.717) is 17.5 Å². The Morgan fingerprint density at radius 1 is 0.296 bits per heavy atom. The maximum atomic E-state index is 5.22. The molecular weight excluding hydrogens is 695 g/mol. The molecule has 0 aliphatic heterocycles. The lowest BCUT2D eigenvalue weighted by Gasteiger charge is -2.12. The molecule has 5 heteroatoms. The van der Waals surface area contributed by atoms with Crippen LogP contribution in [0.1, 0.15) is 0 Å². The first-order chi connectivity index (χ1) is 26.7. The summed E-state index contributed by atoms with van der Waals surface area (Å²) in [5.41, 5.74) is 7.52. The molecule has 0 N–H and O–H groups in total. The summed E-state index contributed by atoms with van der Waals surface area (Å²) in [5.74, 6) is 1.93. The average Bonchev–Trinajstić information content (AvgIpc) is 3.82. The van der Waals surface area contributed by atoms with Crippen molar-refractivity contribution in [2.75, 3.05) is 0 Å². The molecule has 252 valence electrons. The molecule has 3 heterocycles. The molecule has 0 bridgehead atoms. The zero-order valence-corrected chi connectivity index (χ0v) is 30.5. The topological polar surface area (TPSA) is 38.7 Å². The number of aromatic nitrogens is 3. The molecule has 11 aromatic rings. The summed E-state index contributed by atoms with van der Waals surface area (Å²) >= 11 is 3.68. The highest BCUT2D eigenvalue weighted by molar-refractivity contribution is 7.26. The number of nitrogens with zero attached hydrogens (tertiary/aromatic N) is 3. The molecule has 0 aliphatic rings. The van der Waals surface area contributed by atoms with Gasteiger partial charge in [0.2, 0.25) is 0 Å². The first kappa shape index (κ1) is 31.0. The van der Waals surface area contributed by atoms with Crippen LogP contribution in [-0.2, 0) is 0 Å². The van der Waals surface area contributed by atoms with Gasteiger partial charge < -0.3 is 0 Å². The van der Waals surface area contributed by atoms with Crippen molar-refractivity contribution in [1.82, 2.24) is 15.0 Å².